The average molecular weight is 357 g/mol. The van der Waals surface area contributed by atoms with Gasteiger partial charge in [-0.1, -0.05) is 18.2 Å². The minimum absolute atomic E-state index is 0.0346. The number of anilines is 1. The molecule has 0 spiro atoms. The van der Waals surface area contributed by atoms with Gasteiger partial charge in [-0.3, -0.25) is 4.79 Å². The molecule has 2 atom stereocenters. The highest BCUT2D eigenvalue weighted by molar-refractivity contribution is 8.02. The van der Waals surface area contributed by atoms with Crippen LogP contribution in [-0.4, -0.2) is 56.5 Å². The highest BCUT2D eigenvalue weighted by Crippen LogP contribution is 2.24. The third-order valence-corrected chi connectivity index (χ3v) is 7.34. The molecule has 7 heteroatoms. The largest absolute Gasteiger partial charge is 0.370 e. The van der Waals surface area contributed by atoms with Gasteiger partial charge in [-0.15, -0.1) is 11.8 Å². The number of para-hydroxylation sites is 1. The Balaban J connectivity index is 1.70. The van der Waals surface area contributed by atoms with Crippen molar-refractivity contribution < 1.29 is 13.2 Å². The van der Waals surface area contributed by atoms with E-state index in [9.17, 15) is 13.2 Å². The molecule has 1 saturated heterocycles. The Kier molecular flexibility index (Phi) is 6.35. The number of carbonyl (C=O) groups excluding carboxylic acids is 1. The summed E-state index contributed by atoms with van der Waals surface area (Å²) in [6, 6.07) is 10.2. The lowest BCUT2D eigenvalue weighted by Crippen LogP contribution is -2.41. The normalized spacial score (nSPS) is 20.9. The van der Waals surface area contributed by atoms with Crippen LogP contribution in [0.2, 0.25) is 0 Å². The van der Waals surface area contributed by atoms with Gasteiger partial charge < -0.3 is 10.2 Å². The number of nitrogens with zero attached hydrogens (tertiary/aromatic N) is 1. The fourth-order valence-electron chi connectivity index (χ4n) is 2.45. The maximum absolute atomic E-state index is 11.9. The van der Waals surface area contributed by atoms with Crippen LogP contribution in [0, 0.1) is 0 Å². The van der Waals surface area contributed by atoms with Crippen molar-refractivity contribution in [3.8, 4) is 0 Å². The number of carbonyl (C=O) groups is 1. The fraction of sp³-hybridized carbons (Fsp3) is 0.562. The van der Waals surface area contributed by atoms with Crippen molar-refractivity contribution in [1.29, 1.82) is 0 Å². The number of sulfone groups is 1. The molecule has 2 rings (SSSR count). The van der Waals surface area contributed by atoms with Gasteiger partial charge in [-0.2, -0.15) is 0 Å². The minimum Gasteiger partial charge on any atom is -0.370 e. The molecule has 0 saturated carbocycles. The van der Waals surface area contributed by atoms with Gasteiger partial charge in [-0.05, 0) is 25.5 Å². The molecule has 1 aliphatic rings. The van der Waals surface area contributed by atoms with Gasteiger partial charge in [0.05, 0.1) is 17.3 Å². The van der Waals surface area contributed by atoms with Gasteiger partial charge >= 0.3 is 0 Å². The summed E-state index contributed by atoms with van der Waals surface area (Å²) < 4.78 is 22.8. The summed E-state index contributed by atoms with van der Waals surface area (Å²) in [6.45, 7) is 2.62. The minimum atomic E-state index is -2.87. The molecule has 0 aromatic heterocycles. The maximum atomic E-state index is 11.9. The van der Waals surface area contributed by atoms with Crippen LogP contribution in [0.5, 0.6) is 0 Å². The van der Waals surface area contributed by atoms with Gasteiger partial charge in [0.15, 0.2) is 9.84 Å². The summed E-state index contributed by atoms with van der Waals surface area (Å²) in [7, 11) is -0.866. The highest BCUT2D eigenvalue weighted by Gasteiger charge is 2.28. The van der Waals surface area contributed by atoms with Crippen LogP contribution >= 0.6 is 11.8 Å². The zero-order valence-electron chi connectivity index (χ0n) is 13.6. The molecule has 0 aliphatic carbocycles. The molecule has 2 unspecified atom stereocenters. The van der Waals surface area contributed by atoms with Crippen LogP contribution in [-0.2, 0) is 14.6 Å². The van der Waals surface area contributed by atoms with Crippen LogP contribution in [0.4, 0.5) is 5.69 Å². The number of benzene rings is 1. The first-order chi connectivity index (χ1) is 10.9. The molecule has 128 valence electrons. The van der Waals surface area contributed by atoms with E-state index < -0.39 is 9.84 Å². The van der Waals surface area contributed by atoms with E-state index in [0.29, 0.717) is 18.7 Å². The summed E-state index contributed by atoms with van der Waals surface area (Å²) in [4.78, 5) is 14.0. The quantitative estimate of drug-likeness (QED) is 0.803. The second kappa shape index (κ2) is 8.06. The van der Waals surface area contributed by atoms with Gasteiger partial charge in [0, 0.05) is 30.6 Å². The predicted octanol–water partition coefficient (Wildman–Crippen LogP) is 1.55. The topological polar surface area (TPSA) is 66.5 Å². The first-order valence-electron chi connectivity index (χ1n) is 7.74. The van der Waals surface area contributed by atoms with Crippen LogP contribution in [0.1, 0.15) is 13.3 Å². The number of rotatable bonds is 7. The van der Waals surface area contributed by atoms with Gasteiger partial charge in [0.25, 0.3) is 0 Å². The van der Waals surface area contributed by atoms with Crippen LogP contribution in [0.3, 0.4) is 0 Å². The lowest BCUT2D eigenvalue weighted by molar-refractivity contribution is -0.118. The third-order valence-electron chi connectivity index (χ3n) is 4.06. The SMILES string of the molecule is CC(CNC(=O)CSC1CCS(=O)(=O)C1)N(C)c1ccccc1. The molecule has 1 aliphatic heterocycles. The summed E-state index contributed by atoms with van der Waals surface area (Å²) in [5, 5.41) is 2.99. The van der Waals surface area contributed by atoms with E-state index in [-0.39, 0.29) is 28.7 Å². The van der Waals surface area contributed by atoms with Gasteiger partial charge in [0.2, 0.25) is 5.91 Å². The van der Waals surface area contributed by atoms with E-state index in [2.05, 4.69) is 17.1 Å². The Labute approximate surface area is 142 Å². The van der Waals surface area contributed by atoms with Crippen molar-refractivity contribution in [2.75, 3.05) is 35.8 Å². The summed E-state index contributed by atoms with van der Waals surface area (Å²) in [5.41, 5.74) is 1.11. The Morgan fingerprint density at radius 1 is 1.39 bits per heavy atom. The van der Waals surface area contributed by atoms with E-state index >= 15 is 0 Å². The second-order valence-electron chi connectivity index (χ2n) is 5.94. The van der Waals surface area contributed by atoms with Crippen molar-refractivity contribution in [1.82, 2.24) is 5.32 Å². The Bertz CT molecular complexity index is 619. The molecule has 1 amide bonds. The third kappa shape index (κ3) is 5.73. The number of hydrogen-bond acceptors (Lipinski definition) is 5. The van der Waals surface area contributed by atoms with Crippen molar-refractivity contribution in [2.24, 2.45) is 0 Å². The maximum Gasteiger partial charge on any atom is 0.230 e. The summed E-state index contributed by atoms with van der Waals surface area (Å²) >= 11 is 1.45. The highest BCUT2D eigenvalue weighted by atomic mass is 32.2. The molecule has 1 aromatic carbocycles. The monoisotopic (exact) mass is 356 g/mol. The smallest absolute Gasteiger partial charge is 0.230 e. The molecular weight excluding hydrogens is 332 g/mol. The molecule has 1 N–H and O–H groups in total. The summed E-state index contributed by atoms with van der Waals surface area (Å²) in [5.74, 6) is 0.748. The average Bonchev–Trinajstić information content (AvgIpc) is 2.89. The van der Waals surface area contributed by atoms with Crippen molar-refractivity contribution in [2.45, 2.75) is 24.6 Å². The molecule has 0 radical (unpaired) electrons. The summed E-state index contributed by atoms with van der Waals surface area (Å²) in [6.07, 6.45) is 0.660. The number of thioether (sulfide) groups is 1. The number of amides is 1. The zero-order chi connectivity index (χ0) is 16.9. The lowest BCUT2D eigenvalue weighted by Gasteiger charge is -2.27. The Hall–Kier alpha value is -1.21. The molecular formula is C16H24N2O3S2. The first kappa shape index (κ1) is 18.1. The number of nitrogens with one attached hydrogen (secondary N) is 1. The van der Waals surface area contributed by atoms with Gasteiger partial charge in [-0.25, -0.2) is 8.42 Å². The fourth-order valence-corrected chi connectivity index (χ4v) is 5.93. The van der Waals surface area contributed by atoms with Crippen molar-refractivity contribution in [3.63, 3.8) is 0 Å². The van der Waals surface area contributed by atoms with Crippen LogP contribution in [0.25, 0.3) is 0 Å². The van der Waals surface area contributed by atoms with E-state index in [0.717, 1.165) is 5.69 Å². The van der Waals surface area contributed by atoms with E-state index in [1.807, 2.05) is 37.4 Å². The molecule has 1 heterocycles. The second-order valence-corrected chi connectivity index (χ2v) is 9.45. The number of hydrogen-bond donors (Lipinski definition) is 1. The first-order valence-corrected chi connectivity index (χ1v) is 10.6. The van der Waals surface area contributed by atoms with Crippen molar-refractivity contribution >= 4 is 33.2 Å². The van der Waals surface area contributed by atoms with Crippen LogP contribution < -0.4 is 10.2 Å². The van der Waals surface area contributed by atoms with Crippen molar-refractivity contribution in [3.05, 3.63) is 30.3 Å². The number of likely N-dealkylation sites (N-methyl/N-ethyl adjacent to an activating group) is 1. The van der Waals surface area contributed by atoms with Gasteiger partial charge in [0.1, 0.15) is 0 Å². The standard InChI is InChI=1S/C16H24N2O3S2/c1-13(18(2)14-6-4-3-5-7-14)10-17-16(19)11-22-15-8-9-23(20,21)12-15/h3-7,13,15H,8-12H2,1-2H3,(H,17,19). The van der Waals surface area contributed by atoms with E-state index in [4.69, 9.17) is 0 Å². The lowest BCUT2D eigenvalue weighted by atomic mass is 10.2. The molecule has 5 nitrogen and oxygen atoms in total. The Morgan fingerprint density at radius 3 is 2.70 bits per heavy atom. The van der Waals surface area contributed by atoms with Crippen LogP contribution in [0.15, 0.2) is 30.3 Å². The molecule has 1 aromatic rings. The van der Waals surface area contributed by atoms with E-state index in [1.54, 1.807) is 0 Å². The predicted molar refractivity (Wildman–Crippen MR) is 96.8 cm³/mol. The zero-order valence-corrected chi connectivity index (χ0v) is 15.2. The van der Waals surface area contributed by atoms with E-state index in [1.165, 1.54) is 11.8 Å². The molecule has 23 heavy (non-hydrogen) atoms. The molecule has 1 fully saturated rings. The molecule has 0 bridgehead atoms. The Morgan fingerprint density at radius 2 is 2.09 bits per heavy atom.